The molecule has 0 spiro atoms. The third kappa shape index (κ3) is 3.58. The maximum absolute atomic E-state index is 13.2. The number of anilines is 2. The van der Waals surface area contributed by atoms with Crippen LogP contribution in [0.1, 0.15) is 50.1 Å². The summed E-state index contributed by atoms with van der Waals surface area (Å²) in [5.74, 6) is -0.341. The molecule has 142 valence electrons. The second-order valence-corrected chi connectivity index (χ2v) is 7.95. The number of thiophene rings is 1. The van der Waals surface area contributed by atoms with Crippen LogP contribution in [0.5, 0.6) is 0 Å². The van der Waals surface area contributed by atoms with E-state index in [-0.39, 0.29) is 11.8 Å². The maximum atomic E-state index is 13.2. The van der Waals surface area contributed by atoms with E-state index in [1.165, 1.54) is 16.2 Å². The zero-order valence-electron chi connectivity index (χ0n) is 15.7. The summed E-state index contributed by atoms with van der Waals surface area (Å²) >= 11 is 1.53. The summed E-state index contributed by atoms with van der Waals surface area (Å²) in [5, 5.41) is 6.68. The number of amides is 2. The van der Waals surface area contributed by atoms with Crippen LogP contribution in [0.25, 0.3) is 0 Å². The Morgan fingerprint density at radius 1 is 0.929 bits per heavy atom. The van der Waals surface area contributed by atoms with Crippen LogP contribution in [0, 0.1) is 0 Å². The second kappa shape index (κ2) is 7.98. The molecule has 1 aliphatic rings. The number of para-hydroxylation sites is 1. The number of rotatable bonds is 5. The van der Waals surface area contributed by atoms with E-state index in [1.54, 1.807) is 12.1 Å². The number of carbonyl (C=O) groups excluding carboxylic acids is 2. The molecule has 2 amide bonds. The molecule has 3 aromatic rings. The first kappa shape index (κ1) is 18.4. The average molecular weight is 391 g/mol. The normalized spacial score (nSPS) is 12.5. The number of carbonyl (C=O) groups is 2. The number of fused-ring (bicyclic) bond motifs is 1. The van der Waals surface area contributed by atoms with Gasteiger partial charge in [-0.1, -0.05) is 43.3 Å². The van der Waals surface area contributed by atoms with Crippen LogP contribution in [0.3, 0.4) is 0 Å². The molecular formula is C23H22N2O2S. The van der Waals surface area contributed by atoms with E-state index in [0.717, 1.165) is 42.5 Å². The zero-order chi connectivity index (χ0) is 19.5. The monoisotopic (exact) mass is 390 g/mol. The van der Waals surface area contributed by atoms with Crippen LogP contribution < -0.4 is 10.6 Å². The minimum atomic E-state index is -0.191. The van der Waals surface area contributed by atoms with E-state index >= 15 is 0 Å². The van der Waals surface area contributed by atoms with E-state index in [2.05, 4.69) is 17.6 Å². The lowest BCUT2D eigenvalue weighted by Crippen LogP contribution is -2.18. The Morgan fingerprint density at radius 2 is 1.68 bits per heavy atom. The predicted molar refractivity (Wildman–Crippen MR) is 115 cm³/mol. The first-order chi connectivity index (χ1) is 13.7. The lowest BCUT2D eigenvalue weighted by Gasteiger charge is -2.12. The van der Waals surface area contributed by atoms with Crippen molar-refractivity contribution in [1.29, 1.82) is 0 Å². The van der Waals surface area contributed by atoms with Crippen molar-refractivity contribution in [2.45, 2.75) is 32.6 Å². The first-order valence-electron chi connectivity index (χ1n) is 9.57. The molecule has 5 heteroatoms. The molecule has 2 N–H and O–H groups in total. The molecule has 0 bridgehead atoms. The molecule has 0 saturated heterocycles. The minimum absolute atomic E-state index is 0.149. The van der Waals surface area contributed by atoms with Gasteiger partial charge in [0.15, 0.2) is 0 Å². The highest BCUT2D eigenvalue weighted by molar-refractivity contribution is 7.17. The number of hydrogen-bond acceptors (Lipinski definition) is 3. The van der Waals surface area contributed by atoms with Crippen molar-refractivity contribution in [3.63, 3.8) is 0 Å². The lowest BCUT2D eigenvalue weighted by atomic mass is 10.1. The number of hydrogen-bond donors (Lipinski definition) is 2. The van der Waals surface area contributed by atoms with Gasteiger partial charge in [0.2, 0.25) is 0 Å². The van der Waals surface area contributed by atoms with Gasteiger partial charge in [-0.05, 0) is 55.0 Å². The molecule has 1 aromatic heterocycles. The first-order valence-corrected chi connectivity index (χ1v) is 10.4. The minimum Gasteiger partial charge on any atom is -0.322 e. The standard InChI is InChI=1S/C23H22N2O2S/c1-2-15-9-6-7-13-18(15)24-22(27)20-17-12-8-14-19(17)28-23(20)25-21(26)16-10-4-3-5-11-16/h3-7,9-11,13H,2,8,12,14H2,1H3,(H,24,27)(H,25,26). The van der Waals surface area contributed by atoms with Crippen molar-refractivity contribution >= 4 is 33.8 Å². The number of aryl methyl sites for hydroxylation is 2. The molecule has 28 heavy (non-hydrogen) atoms. The van der Waals surface area contributed by atoms with Crippen LogP contribution in [-0.2, 0) is 19.3 Å². The Hall–Kier alpha value is -2.92. The predicted octanol–water partition coefficient (Wildman–Crippen LogP) is 5.30. The Labute approximate surface area is 168 Å². The van der Waals surface area contributed by atoms with Crippen LogP contribution in [0.4, 0.5) is 10.7 Å². The fraction of sp³-hybridized carbons (Fsp3) is 0.217. The SMILES string of the molecule is CCc1ccccc1NC(=O)c1c(NC(=O)c2ccccc2)sc2c1CCC2. The van der Waals surface area contributed by atoms with E-state index in [9.17, 15) is 9.59 Å². The highest BCUT2D eigenvalue weighted by Crippen LogP contribution is 2.39. The maximum Gasteiger partial charge on any atom is 0.258 e. The summed E-state index contributed by atoms with van der Waals surface area (Å²) in [6.07, 6.45) is 3.74. The fourth-order valence-electron chi connectivity index (χ4n) is 3.63. The molecule has 1 heterocycles. The Morgan fingerprint density at radius 3 is 2.46 bits per heavy atom. The summed E-state index contributed by atoms with van der Waals surface area (Å²) < 4.78 is 0. The molecule has 0 aliphatic heterocycles. The molecule has 0 radical (unpaired) electrons. The summed E-state index contributed by atoms with van der Waals surface area (Å²) in [6.45, 7) is 2.07. The number of nitrogens with one attached hydrogen (secondary N) is 2. The lowest BCUT2D eigenvalue weighted by molar-refractivity contribution is 0.102. The molecule has 0 fully saturated rings. The van der Waals surface area contributed by atoms with Crippen LogP contribution in [0.2, 0.25) is 0 Å². The topological polar surface area (TPSA) is 58.2 Å². The van der Waals surface area contributed by atoms with Crippen LogP contribution in [-0.4, -0.2) is 11.8 Å². The Balaban J connectivity index is 1.64. The van der Waals surface area contributed by atoms with Gasteiger partial charge in [0.1, 0.15) is 5.00 Å². The summed E-state index contributed by atoms with van der Waals surface area (Å²) in [4.78, 5) is 27.0. The smallest absolute Gasteiger partial charge is 0.258 e. The van der Waals surface area contributed by atoms with Gasteiger partial charge in [0, 0.05) is 16.1 Å². The van der Waals surface area contributed by atoms with Gasteiger partial charge < -0.3 is 10.6 Å². The summed E-state index contributed by atoms with van der Waals surface area (Å²) in [6, 6.07) is 16.9. The van der Waals surface area contributed by atoms with Gasteiger partial charge in [0.25, 0.3) is 11.8 Å². The van der Waals surface area contributed by atoms with Crippen LogP contribution in [0.15, 0.2) is 54.6 Å². The van der Waals surface area contributed by atoms with Gasteiger partial charge >= 0.3 is 0 Å². The zero-order valence-corrected chi connectivity index (χ0v) is 16.6. The molecule has 4 rings (SSSR count). The summed E-state index contributed by atoms with van der Waals surface area (Å²) in [5.41, 5.74) is 4.21. The van der Waals surface area contributed by atoms with E-state index in [1.807, 2.05) is 42.5 Å². The van der Waals surface area contributed by atoms with E-state index in [0.29, 0.717) is 16.1 Å². The molecule has 2 aromatic carbocycles. The molecule has 0 unspecified atom stereocenters. The second-order valence-electron chi connectivity index (χ2n) is 6.85. The third-order valence-electron chi connectivity index (χ3n) is 5.06. The third-order valence-corrected chi connectivity index (χ3v) is 6.27. The molecular weight excluding hydrogens is 368 g/mol. The number of benzene rings is 2. The fourth-order valence-corrected chi connectivity index (χ4v) is 4.91. The molecule has 0 atom stereocenters. The van der Waals surface area contributed by atoms with Crippen molar-refractivity contribution in [2.24, 2.45) is 0 Å². The van der Waals surface area contributed by atoms with Crippen molar-refractivity contribution in [3.8, 4) is 0 Å². The van der Waals surface area contributed by atoms with Crippen LogP contribution >= 0.6 is 11.3 Å². The van der Waals surface area contributed by atoms with Gasteiger partial charge in [-0.2, -0.15) is 0 Å². The van der Waals surface area contributed by atoms with Crippen molar-refractivity contribution < 1.29 is 9.59 Å². The quantitative estimate of drug-likeness (QED) is 0.621. The average Bonchev–Trinajstić information content (AvgIpc) is 3.29. The van der Waals surface area contributed by atoms with Crippen molar-refractivity contribution in [2.75, 3.05) is 10.6 Å². The largest absolute Gasteiger partial charge is 0.322 e. The highest BCUT2D eigenvalue weighted by atomic mass is 32.1. The molecule has 4 nitrogen and oxygen atoms in total. The van der Waals surface area contributed by atoms with E-state index < -0.39 is 0 Å². The molecule has 1 aliphatic carbocycles. The summed E-state index contributed by atoms with van der Waals surface area (Å²) in [7, 11) is 0. The van der Waals surface area contributed by atoms with Crippen molar-refractivity contribution in [1.82, 2.24) is 0 Å². The van der Waals surface area contributed by atoms with Crippen molar-refractivity contribution in [3.05, 3.63) is 81.7 Å². The van der Waals surface area contributed by atoms with Gasteiger partial charge in [-0.25, -0.2) is 0 Å². The van der Waals surface area contributed by atoms with E-state index in [4.69, 9.17) is 0 Å². The molecule has 0 saturated carbocycles. The van der Waals surface area contributed by atoms with Gasteiger partial charge in [0.05, 0.1) is 5.56 Å². The highest BCUT2D eigenvalue weighted by Gasteiger charge is 2.28. The van der Waals surface area contributed by atoms with Gasteiger partial charge in [-0.15, -0.1) is 11.3 Å². The Bertz CT molecular complexity index is 1020. The Kier molecular flexibility index (Phi) is 5.26. The van der Waals surface area contributed by atoms with Gasteiger partial charge in [-0.3, -0.25) is 9.59 Å².